The fourth-order valence-corrected chi connectivity index (χ4v) is 2.88. The average molecular weight is 418 g/mol. The summed E-state index contributed by atoms with van der Waals surface area (Å²) >= 11 is 0. The Morgan fingerprint density at radius 1 is 1.08 bits per heavy atom. The van der Waals surface area contributed by atoms with Gasteiger partial charge in [-0.15, -0.1) is 24.8 Å². The molecule has 0 atom stereocenters. The van der Waals surface area contributed by atoms with Gasteiger partial charge in [-0.3, -0.25) is 4.72 Å². The number of aromatic nitrogens is 1. The van der Waals surface area contributed by atoms with Gasteiger partial charge in [-0.1, -0.05) is 6.07 Å². The van der Waals surface area contributed by atoms with Crippen molar-refractivity contribution in [1.29, 1.82) is 0 Å². The molecule has 1 heterocycles. The highest BCUT2D eigenvalue weighted by Gasteiger charge is 2.31. The van der Waals surface area contributed by atoms with Crippen molar-refractivity contribution < 1.29 is 21.6 Å². The van der Waals surface area contributed by atoms with Crippen molar-refractivity contribution in [2.45, 2.75) is 11.1 Å². The third-order valence-corrected chi connectivity index (χ3v) is 4.31. The van der Waals surface area contributed by atoms with Gasteiger partial charge in [0.15, 0.2) is 0 Å². The summed E-state index contributed by atoms with van der Waals surface area (Å²) in [5.74, 6) is 0.509. The molecule has 25 heavy (non-hydrogen) atoms. The summed E-state index contributed by atoms with van der Waals surface area (Å²) in [5, 5.41) is 0. The average Bonchev–Trinajstić information content (AvgIpc) is 2.46. The maximum atomic E-state index is 12.7. The van der Waals surface area contributed by atoms with Gasteiger partial charge in [0.2, 0.25) is 0 Å². The minimum Gasteiger partial charge on any atom is -0.363 e. The number of nitrogens with one attached hydrogen (secondary N) is 1. The van der Waals surface area contributed by atoms with Gasteiger partial charge < -0.3 is 4.90 Å². The lowest BCUT2D eigenvalue weighted by Gasteiger charge is -2.14. The van der Waals surface area contributed by atoms with Gasteiger partial charge in [0.1, 0.15) is 5.82 Å². The number of halogens is 5. The van der Waals surface area contributed by atoms with Crippen LogP contribution in [0.5, 0.6) is 0 Å². The molecule has 0 aliphatic heterocycles. The highest BCUT2D eigenvalue weighted by Crippen LogP contribution is 2.31. The molecule has 2 rings (SSSR count). The molecule has 140 valence electrons. The van der Waals surface area contributed by atoms with Crippen LogP contribution in [0, 0.1) is 0 Å². The van der Waals surface area contributed by atoms with Crippen LogP contribution in [0.25, 0.3) is 0 Å². The van der Waals surface area contributed by atoms with E-state index in [4.69, 9.17) is 0 Å². The van der Waals surface area contributed by atoms with Gasteiger partial charge in [-0.2, -0.15) is 13.2 Å². The lowest BCUT2D eigenvalue weighted by Crippen LogP contribution is -2.16. The third-order valence-electron chi connectivity index (χ3n) is 2.93. The van der Waals surface area contributed by atoms with Crippen molar-refractivity contribution in [2.75, 3.05) is 23.7 Å². The Bertz CT molecular complexity index is 815. The lowest BCUT2D eigenvalue weighted by atomic mass is 10.2. The summed E-state index contributed by atoms with van der Waals surface area (Å²) in [4.78, 5) is 5.24. The molecule has 0 aliphatic carbocycles. The summed E-state index contributed by atoms with van der Waals surface area (Å²) in [6.07, 6.45) is -3.21. The largest absolute Gasteiger partial charge is 0.416 e. The van der Waals surface area contributed by atoms with Crippen LogP contribution in [0.2, 0.25) is 0 Å². The monoisotopic (exact) mass is 417 g/mol. The molecule has 0 radical (unpaired) electrons. The van der Waals surface area contributed by atoms with E-state index in [1.54, 1.807) is 19.0 Å². The zero-order valence-corrected chi connectivity index (χ0v) is 15.6. The van der Waals surface area contributed by atoms with E-state index in [9.17, 15) is 21.6 Å². The second-order valence-electron chi connectivity index (χ2n) is 4.93. The topological polar surface area (TPSA) is 62.3 Å². The van der Waals surface area contributed by atoms with E-state index in [1.165, 1.54) is 18.3 Å². The first kappa shape index (κ1) is 23.3. The normalized spacial score (nSPS) is 11.1. The van der Waals surface area contributed by atoms with Crippen molar-refractivity contribution in [3.8, 4) is 0 Å². The van der Waals surface area contributed by atoms with E-state index in [1.807, 2.05) is 0 Å². The molecule has 0 saturated carbocycles. The summed E-state index contributed by atoms with van der Waals surface area (Å²) in [6.45, 7) is 0. The first-order valence-electron chi connectivity index (χ1n) is 6.43. The molecular formula is C14H16Cl2F3N3O2S. The Labute approximate surface area is 156 Å². The fraction of sp³-hybridized carbons (Fsp3) is 0.214. The number of pyridine rings is 1. The highest BCUT2D eigenvalue weighted by atomic mass is 35.5. The second kappa shape index (κ2) is 8.59. The van der Waals surface area contributed by atoms with Crippen molar-refractivity contribution >= 4 is 46.3 Å². The predicted molar refractivity (Wildman–Crippen MR) is 95.3 cm³/mol. The smallest absolute Gasteiger partial charge is 0.363 e. The van der Waals surface area contributed by atoms with Crippen LogP contribution in [0.1, 0.15) is 5.56 Å². The molecule has 0 unspecified atom stereocenters. The lowest BCUT2D eigenvalue weighted by molar-refractivity contribution is -0.137. The minimum atomic E-state index is -4.61. The number of alkyl halides is 3. The van der Waals surface area contributed by atoms with Gasteiger partial charge >= 0.3 is 6.18 Å². The molecule has 0 amide bonds. The molecule has 1 N–H and O–H groups in total. The summed E-state index contributed by atoms with van der Waals surface area (Å²) in [5.41, 5.74) is -0.815. The standard InChI is InChI=1S/C14H14F3N3O2S.2ClH/c1-20(2)13-9-11(6-7-18-13)19-23(21,22)12-5-3-4-10(8-12)14(15,16)17;;/h3-9H,1-2H3,(H,18,19);2*1H. The van der Waals surface area contributed by atoms with Crippen molar-refractivity contribution in [1.82, 2.24) is 4.98 Å². The number of hydrogen-bond acceptors (Lipinski definition) is 4. The molecule has 2 aromatic rings. The van der Waals surface area contributed by atoms with E-state index in [-0.39, 0.29) is 30.5 Å². The molecule has 0 bridgehead atoms. The zero-order chi connectivity index (χ0) is 17.3. The molecule has 11 heteroatoms. The van der Waals surface area contributed by atoms with Gasteiger partial charge in [0.05, 0.1) is 16.1 Å². The van der Waals surface area contributed by atoms with Crippen LogP contribution in [-0.4, -0.2) is 27.5 Å². The molecule has 0 aliphatic rings. The van der Waals surface area contributed by atoms with Crippen LogP contribution in [0.4, 0.5) is 24.7 Å². The van der Waals surface area contributed by atoms with Crippen LogP contribution in [-0.2, 0) is 16.2 Å². The van der Waals surface area contributed by atoms with Crippen molar-refractivity contribution in [3.05, 3.63) is 48.2 Å². The van der Waals surface area contributed by atoms with E-state index >= 15 is 0 Å². The number of nitrogens with zero attached hydrogens (tertiary/aromatic N) is 2. The first-order chi connectivity index (χ1) is 10.6. The van der Waals surface area contributed by atoms with Gasteiger partial charge in [0.25, 0.3) is 10.0 Å². The first-order valence-corrected chi connectivity index (χ1v) is 7.91. The maximum Gasteiger partial charge on any atom is 0.416 e. The summed E-state index contributed by atoms with van der Waals surface area (Å²) in [6, 6.07) is 6.45. The van der Waals surface area contributed by atoms with Gasteiger partial charge in [0, 0.05) is 26.4 Å². The SMILES string of the molecule is CN(C)c1cc(NS(=O)(=O)c2cccc(C(F)(F)F)c2)ccn1.Cl.Cl. The zero-order valence-electron chi connectivity index (χ0n) is 13.1. The maximum absolute atomic E-state index is 12.7. The molecule has 1 aromatic carbocycles. The van der Waals surface area contributed by atoms with Crippen molar-refractivity contribution in [2.24, 2.45) is 0 Å². The van der Waals surface area contributed by atoms with E-state index in [0.717, 1.165) is 18.2 Å². The highest BCUT2D eigenvalue weighted by molar-refractivity contribution is 7.92. The number of hydrogen-bond donors (Lipinski definition) is 1. The Balaban J connectivity index is 0.00000288. The van der Waals surface area contributed by atoms with Crippen molar-refractivity contribution in [3.63, 3.8) is 0 Å². The number of anilines is 2. The predicted octanol–water partition coefficient (Wildman–Crippen LogP) is 3.81. The van der Waals surface area contributed by atoms with Crippen LogP contribution in [0.15, 0.2) is 47.5 Å². The molecule has 0 saturated heterocycles. The van der Waals surface area contributed by atoms with Crippen LogP contribution < -0.4 is 9.62 Å². The summed E-state index contributed by atoms with van der Waals surface area (Å²) in [7, 11) is -0.676. The number of rotatable bonds is 4. The van der Waals surface area contributed by atoms with Crippen LogP contribution >= 0.6 is 24.8 Å². The second-order valence-corrected chi connectivity index (χ2v) is 6.61. The molecule has 0 fully saturated rings. The molecule has 5 nitrogen and oxygen atoms in total. The number of benzene rings is 1. The Hall–Kier alpha value is -1.71. The van der Waals surface area contributed by atoms with Crippen LogP contribution in [0.3, 0.4) is 0 Å². The Morgan fingerprint density at radius 3 is 2.28 bits per heavy atom. The minimum absolute atomic E-state index is 0. The molecular weight excluding hydrogens is 402 g/mol. The molecule has 1 aromatic heterocycles. The van der Waals surface area contributed by atoms with E-state index < -0.39 is 26.7 Å². The fourth-order valence-electron chi connectivity index (χ4n) is 1.78. The quantitative estimate of drug-likeness (QED) is 0.821. The molecule has 0 spiro atoms. The van der Waals surface area contributed by atoms with E-state index in [0.29, 0.717) is 11.9 Å². The van der Waals surface area contributed by atoms with Gasteiger partial charge in [-0.05, 0) is 24.3 Å². The van der Waals surface area contributed by atoms with E-state index in [2.05, 4.69) is 9.71 Å². The van der Waals surface area contributed by atoms with Gasteiger partial charge in [-0.25, -0.2) is 13.4 Å². The number of sulfonamides is 1. The third kappa shape index (κ3) is 5.94. The Kier molecular flexibility index (Phi) is 8.00. The summed E-state index contributed by atoms with van der Waals surface area (Å²) < 4.78 is 64.8. The Morgan fingerprint density at radius 2 is 1.72 bits per heavy atom.